The molecular weight excluding hydrogens is 212 g/mol. The van der Waals surface area contributed by atoms with Crippen LogP contribution in [0.25, 0.3) is 11.1 Å². The minimum absolute atomic E-state index is 1.02. The zero-order valence-corrected chi connectivity index (χ0v) is 10.8. The summed E-state index contributed by atoms with van der Waals surface area (Å²) in [5.41, 5.74) is 6.38. The van der Waals surface area contributed by atoms with Gasteiger partial charge in [0.15, 0.2) is 0 Å². The van der Waals surface area contributed by atoms with Gasteiger partial charge in [-0.15, -0.1) is 12.6 Å². The SMILES string of the molecule is Cc1cc(C)cc(-c2cc(C)cc(S)c2)c1. The fourth-order valence-electron chi connectivity index (χ4n) is 2.07. The van der Waals surface area contributed by atoms with Gasteiger partial charge in [0.05, 0.1) is 0 Å². The Morgan fingerprint density at radius 1 is 0.625 bits per heavy atom. The van der Waals surface area contributed by atoms with Crippen molar-refractivity contribution in [2.24, 2.45) is 0 Å². The van der Waals surface area contributed by atoms with E-state index in [1.807, 2.05) is 0 Å². The van der Waals surface area contributed by atoms with Gasteiger partial charge in [0.1, 0.15) is 0 Å². The molecule has 0 saturated carbocycles. The maximum Gasteiger partial charge on any atom is 0.00487 e. The maximum absolute atomic E-state index is 4.43. The first-order valence-corrected chi connectivity index (χ1v) is 5.88. The van der Waals surface area contributed by atoms with E-state index in [-0.39, 0.29) is 0 Å². The predicted octanol–water partition coefficient (Wildman–Crippen LogP) is 4.57. The summed E-state index contributed by atoms with van der Waals surface area (Å²) in [6, 6.07) is 13.0. The van der Waals surface area contributed by atoms with Gasteiger partial charge in [-0.3, -0.25) is 0 Å². The quantitative estimate of drug-likeness (QED) is 0.679. The van der Waals surface area contributed by atoms with Gasteiger partial charge in [-0.1, -0.05) is 35.4 Å². The zero-order valence-electron chi connectivity index (χ0n) is 9.91. The van der Waals surface area contributed by atoms with Gasteiger partial charge in [0.25, 0.3) is 0 Å². The van der Waals surface area contributed by atoms with Crippen LogP contribution in [0.5, 0.6) is 0 Å². The highest BCUT2D eigenvalue weighted by Gasteiger charge is 2.01. The van der Waals surface area contributed by atoms with Gasteiger partial charge < -0.3 is 0 Å². The molecule has 1 heteroatoms. The van der Waals surface area contributed by atoms with Crippen LogP contribution < -0.4 is 0 Å². The van der Waals surface area contributed by atoms with E-state index >= 15 is 0 Å². The van der Waals surface area contributed by atoms with E-state index in [1.165, 1.54) is 27.8 Å². The Morgan fingerprint density at radius 2 is 1.06 bits per heavy atom. The van der Waals surface area contributed by atoms with Crippen LogP contribution in [0.4, 0.5) is 0 Å². The Balaban J connectivity index is 2.57. The number of hydrogen-bond acceptors (Lipinski definition) is 1. The zero-order chi connectivity index (χ0) is 11.7. The Kier molecular flexibility index (Phi) is 3.06. The smallest absolute Gasteiger partial charge is 0.00487 e. The van der Waals surface area contributed by atoms with Crippen LogP contribution in [0.15, 0.2) is 41.3 Å². The number of rotatable bonds is 1. The summed E-state index contributed by atoms with van der Waals surface area (Å²) in [7, 11) is 0. The summed E-state index contributed by atoms with van der Waals surface area (Å²) < 4.78 is 0. The van der Waals surface area contributed by atoms with Crippen LogP contribution >= 0.6 is 12.6 Å². The van der Waals surface area contributed by atoms with Crippen molar-refractivity contribution in [2.75, 3.05) is 0 Å². The predicted molar refractivity (Wildman–Crippen MR) is 73.3 cm³/mol. The van der Waals surface area contributed by atoms with Crippen LogP contribution in [-0.4, -0.2) is 0 Å². The number of aryl methyl sites for hydroxylation is 3. The van der Waals surface area contributed by atoms with Crippen molar-refractivity contribution in [3.63, 3.8) is 0 Å². The van der Waals surface area contributed by atoms with Crippen molar-refractivity contribution in [1.29, 1.82) is 0 Å². The van der Waals surface area contributed by atoms with E-state index < -0.39 is 0 Å². The van der Waals surface area contributed by atoms with E-state index in [2.05, 4.69) is 69.8 Å². The average molecular weight is 228 g/mol. The van der Waals surface area contributed by atoms with Crippen molar-refractivity contribution < 1.29 is 0 Å². The lowest BCUT2D eigenvalue weighted by Gasteiger charge is -2.07. The van der Waals surface area contributed by atoms with Gasteiger partial charge in [0.2, 0.25) is 0 Å². The summed E-state index contributed by atoms with van der Waals surface area (Å²) in [6.07, 6.45) is 0. The second-order valence-electron chi connectivity index (χ2n) is 4.43. The number of benzene rings is 2. The first kappa shape index (κ1) is 11.3. The van der Waals surface area contributed by atoms with Crippen molar-refractivity contribution >= 4 is 12.6 Å². The van der Waals surface area contributed by atoms with Crippen LogP contribution in [-0.2, 0) is 0 Å². The molecule has 0 fully saturated rings. The third-order valence-corrected chi connectivity index (χ3v) is 2.88. The summed E-state index contributed by atoms with van der Waals surface area (Å²) in [6.45, 7) is 6.37. The van der Waals surface area contributed by atoms with Gasteiger partial charge in [-0.05, 0) is 49.6 Å². The van der Waals surface area contributed by atoms with Gasteiger partial charge in [-0.2, -0.15) is 0 Å². The molecule has 2 rings (SSSR count). The van der Waals surface area contributed by atoms with Crippen molar-refractivity contribution in [3.05, 3.63) is 53.1 Å². The maximum atomic E-state index is 4.43. The third kappa shape index (κ3) is 2.48. The van der Waals surface area contributed by atoms with Crippen LogP contribution in [0.2, 0.25) is 0 Å². The molecule has 0 saturated heterocycles. The molecule has 0 heterocycles. The van der Waals surface area contributed by atoms with E-state index in [9.17, 15) is 0 Å². The fourth-order valence-corrected chi connectivity index (χ4v) is 2.41. The normalized spacial score (nSPS) is 10.5. The van der Waals surface area contributed by atoms with Gasteiger partial charge >= 0.3 is 0 Å². The molecule has 0 aliphatic carbocycles. The highest BCUT2D eigenvalue weighted by molar-refractivity contribution is 7.80. The van der Waals surface area contributed by atoms with Gasteiger partial charge in [-0.25, -0.2) is 0 Å². The van der Waals surface area contributed by atoms with Crippen LogP contribution in [0.1, 0.15) is 16.7 Å². The second kappa shape index (κ2) is 4.34. The molecule has 0 radical (unpaired) electrons. The average Bonchev–Trinajstić information content (AvgIpc) is 2.14. The second-order valence-corrected chi connectivity index (χ2v) is 4.95. The molecule has 0 atom stereocenters. The molecule has 0 aliphatic rings. The molecule has 16 heavy (non-hydrogen) atoms. The van der Waals surface area contributed by atoms with E-state index in [1.54, 1.807) is 0 Å². The summed E-state index contributed by atoms with van der Waals surface area (Å²) in [4.78, 5) is 1.02. The van der Waals surface area contributed by atoms with Crippen LogP contribution in [0.3, 0.4) is 0 Å². The van der Waals surface area contributed by atoms with E-state index in [4.69, 9.17) is 0 Å². The summed E-state index contributed by atoms with van der Waals surface area (Å²) >= 11 is 4.43. The Hall–Kier alpha value is -1.21. The summed E-state index contributed by atoms with van der Waals surface area (Å²) in [5, 5.41) is 0. The number of hydrogen-bond donors (Lipinski definition) is 1. The third-order valence-electron chi connectivity index (χ3n) is 2.62. The summed E-state index contributed by atoms with van der Waals surface area (Å²) in [5.74, 6) is 0. The molecule has 0 aliphatic heterocycles. The Labute approximate surface area is 103 Å². The standard InChI is InChI=1S/C15H16S/c1-10-4-11(2)6-13(5-10)14-7-12(3)8-15(16)9-14/h4-9,16H,1-3H3. The van der Waals surface area contributed by atoms with Crippen LogP contribution in [0, 0.1) is 20.8 Å². The molecule has 2 aromatic carbocycles. The van der Waals surface area contributed by atoms with E-state index in [0.29, 0.717) is 0 Å². The molecule has 82 valence electrons. The lowest BCUT2D eigenvalue weighted by Crippen LogP contribution is -1.84. The molecule has 0 N–H and O–H groups in total. The van der Waals surface area contributed by atoms with Crippen molar-refractivity contribution in [2.45, 2.75) is 25.7 Å². The monoisotopic (exact) mass is 228 g/mol. The first-order chi connectivity index (χ1) is 7.54. The Morgan fingerprint density at radius 3 is 1.56 bits per heavy atom. The molecule has 0 nitrogen and oxygen atoms in total. The largest absolute Gasteiger partial charge is 0.143 e. The molecule has 0 bridgehead atoms. The first-order valence-electron chi connectivity index (χ1n) is 5.44. The molecule has 0 aromatic heterocycles. The van der Waals surface area contributed by atoms with Crippen molar-refractivity contribution in [1.82, 2.24) is 0 Å². The highest BCUT2D eigenvalue weighted by Crippen LogP contribution is 2.25. The lowest BCUT2D eigenvalue weighted by molar-refractivity contribution is 1.34. The highest BCUT2D eigenvalue weighted by atomic mass is 32.1. The molecule has 0 unspecified atom stereocenters. The van der Waals surface area contributed by atoms with E-state index in [0.717, 1.165) is 4.90 Å². The van der Waals surface area contributed by atoms with Crippen molar-refractivity contribution in [3.8, 4) is 11.1 Å². The lowest BCUT2D eigenvalue weighted by atomic mass is 9.99. The van der Waals surface area contributed by atoms with Gasteiger partial charge in [0, 0.05) is 4.90 Å². The molecular formula is C15H16S. The molecule has 2 aromatic rings. The topological polar surface area (TPSA) is 0 Å². The molecule has 0 spiro atoms. The molecule has 0 amide bonds. The minimum Gasteiger partial charge on any atom is -0.143 e. The Bertz CT molecular complexity index is 437. The minimum atomic E-state index is 1.02. The number of thiol groups is 1. The fraction of sp³-hybridized carbons (Fsp3) is 0.200.